The van der Waals surface area contributed by atoms with E-state index in [0.717, 1.165) is 6.42 Å². The highest BCUT2D eigenvalue weighted by atomic mass is 14.4. The zero-order chi connectivity index (χ0) is 28.0. The van der Waals surface area contributed by atoms with Crippen molar-refractivity contribution in [3.8, 4) is 0 Å². The van der Waals surface area contributed by atoms with Crippen LogP contribution >= 0.6 is 0 Å². The summed E-state index contributed by atoms with van der Waals surface area (Å²) in [5, 5.41) is 0. The van der Waals surface area contributed by atoms with Gasteiger partial charge in [0.15, 0.2) is 0 Å². The molecule has 0 aromatic rings. The fourth-order valence-corrected chi connectivity index (χ4v) is 8.87. The van der Waals surface area contributed by atoms with E-state index in [0.29, 0.717) is 29.6 Å². The van der Waals surface area contributed by atoms with E-state index < -0.39 is 0 Å². The lowest BCUT2D eigenvalue weighted by Crippen LogP contribution is -2.31. The Morgan fingerprint density at radius 3 is 2.29 bits per heavy atom. The fraction of sp³-hybridized carbons (Fsp3) is 0.381. The molecular formula is C42H44. The molecule has 0 heterocycles. The second kappa shape index (κ2) is 11.0. The van der Waals surface area contributed by atoms with Gasteiger partial charge in [-0.05, 0) is 132 Å². The van der Waals surface area contributed by atoms with Crippen molar-refractivity contribution in [2.24, 2.45) is 29.6 Å². The Balaban J connectivity index is 1.27. The number of allylic oxidation sites excluding steroid dienone is 26. The van der Waals surface area contributed by atoms with E-state index in [2.05, 4.69) is 104 Å². The van der Waals surface area contributed by atoms with Gasteiger partial charge in [-0.15, -0.1) is 0 Å². The van der Waals surface area contributed by atoms with Crippen LogP contribution in [0.5, 0.6) is 0 Å². The molecule has 0 radical (unpaired) electrons. The summed E-state index contributed by atoms with van der Waals surface area (Å²) in [7, 11) is 0. The van der Waals surface area contributed by atoms with Crippen molar-refractivity contribution in [1.82, 2.24) is 0 Å². The van der Waals surface area contributed by atoms with Gasteiger partial charge in [0.1, 0.15) is 0 Å². The van der Waals surface area contributed by atoms with Crippen LogP contribution in [-0.4, -0.2) is 0 Å². The lowest BCUT2D eigenvalue weighted by atomic mass is 9.60. The van der Waals surface area contributed by atoms with Gasteiger partial charge in [0, 0.05) is 11.8 Å². The molecule has 0 aliphatic heterocycles. The quantitative estimate of drug-likeness (QED) is 0.328. The minimum atomic E-state index is 0.387. The van der Waals surface area contributed by atoms with Gasteiger partial charge in [0.2, 0.25) is 0 Å². The molecule has 0 aromatic carbocycles. The van der Waals surface area contributed by atoms with Crippen LogP contribution in [0.3, 0.4) is 0 Å². The van der Waals surface area contributed by atoms with Crippen LogP contribution in [0, 0.1) is 29.6 Å². The first kappa shape index (κ1) is 26.3. The molecule has 0 bridgehead atoms. The van der Waals surface area contributed by atoms with E-state index in [4.69, 9.17) is 0 Å². The monoisotopic (exact) mass is 548 g/mol. The van der Waals surface area contributed by atoms with E-state index in [-0.39, 0.29) is 0 Å². The summed E-state index contributed by atoms with van der Waals surface area (Å²) in [5.74, 6) is 2.86. The van der Waals surface area contributed by atoms with Crippen molar-refractivity contribution in [2.45, 2.75) is 71.1 Å². The third kappa shape index (κ3) is 4.59. The first-order valence-corrected chi connectivity index (χ1v) is 16.9. The Labute approximate surface area is 253 Å². The molecule has 0 fully saturated rings. The normalized spacial score (nSPS) is 33.0. The van der Waals surface area contributed by atoms with Gasteiger partial charge in [-0.25, -0.2) is 0 Å². The first-order valence-electron chi connectivity index (χ1n) is 16.9. The molecule has 0 N–H and O–H groups in total. The molecule has 8 aliphatic rings. The maximum atomic E-state index is 2.67. The molecule has 0 saturated heterocycles. The molecule has 5 atom stereocenters. The number of rotatable bonds is 4. The van der Waals surface area contributed by atoms with Crippen LogP contribution in [0.2, 0.25) is 0 Å². The molecule has 0 amide bonds. The maximum absolute atomic E-state index is 2.67. The third-order valence-electron chi connectivity index (χ3n) is 11.2. The number of hydrogen-bond donors (Lipinski definition) is 0. The average Bonchev–Trinajstić information content (AvgIpc) is 3.06. The van der Waals surface area contributed by atoms with E-state index in [1.54, 1.807) is 39.0 Å². The summed E-state index contributed by atoms with van der Waals surface area (Å²) in [5.41, 5.74) is 15.4. The second-order valence-electron chi connectivity index (χ2n) is 13.6. The van der Waals surface area contributed by atoms with Crippen molar-refractivity contribution >= 4 is 0 Å². The van der Waals surface area contributed by atoms with Crippen molar-refractivity contribution < 1.29 is 0 Å². The highest BCUT2D eigenvalue weighted by Gasteiger charge is 2.41. The molecule has 0 aromatic heterocycles. The van der Waals surface area contributed by atoms with Crippen LogP contribution in [0.1, 0.15) is 71.1 Å². The summed E-state index contributed by atoms with van der Waals surface area (Å²) >= 11 is 0. The molecule has 0 spiro atoms. The highest BCUT2D eigenvalue weighted by molar-refractivity contribution is 5.70. The molecule has 0 saturated carbocycles. The van der Waals surface area contributed by atoms with E-state index in [1.807, 2.05) is 0 Å². The van der Waals surface area contributed by atoms with Crippen LogP contribution in [-0.2, 0) is 0 Å². The predicted molar refractivity (Wildman–Crippen MR) is 178 cm³/mol. The topological polar surface area (TPSA) is 0 Å². The molecule has 42 heavy (non-hydrogen) atoms. The Kier molecular flexibility index (Phi) is 6.90. The summed E-state index contributed by atoms with van der Waals surface area (Å²) in [6.07, 6.45) is 51.7. The zero-order valence-corrected chi connectivity index (χ0v) is 25.2. The largest absolute Gasteiger partial charge is 0.0842 e. The zero-order valence-electron chi connectivity index (χ0n) is 25.2. The van der Waals surface area contributed by atoms with Crippen LogP contribution < -0.4 is 0 Å². The molecular weight excluding hydrogens is 504 g/mol. The average molecular weight is 549 g/mol. The number of hydrogen-bond acceptors (Lipinski definition) is 0. The van der Waals surface area contributed by atoms with Gasteiger partial charge in [0.05, 0.1) is 0 Å². The van der Waals surface area contributed by atoms with Gasteiger partial charge < -0.3 is 0 Å². The van der Waals surface area contributed by atoms with E-state index in [1.165, 1.54) is 74.5 Å². The van der Waals surface area contributed by atoms with Crippen LogP contribution in [0.4, 0.5) is 0 Å². The molecule has 8 rings (SSSR count). The molecule has 8 aliphatic carbocycles. The van der Waals surface area contributed by atoms with E-state index >= 15 is 0 Å². The van der Waals surface area contributed by atoms with Crippen molar-refractivity contribution in [1.29, 1.82) is 0 Å². The first-order chi connectivity index (χ1) is 20.8. The van der Waals surface area contributed by atoms with Gasteiger partial charge in [-0.3, -0.25) is 0 Å². The molecule has 0 heteroatoms. The summed E-state index contributed by atoms with van der Waals surface area (Å²) < 4.78 is 0. The van der Waals surface area contributed by atoms with Crippen LogP contribution in [0.15, 0.2) is 153 Å². The summed E-state index contributed by atoms with van der Waals surface area (Å²) in [6.45, 7) is 2.31. The molecule has 0 nitrogen and oxygen atoms in total. The van der Waals surface area contributed by atoms with Crippen molar-refractivity contribution in [3.05, 3.63) is 153 Å². The van der Waals surface area contributed by atoms with Gasteiger partial charge in [-0.1, -0.05) is 110 Å². The Hall–Kier alpha value is -3.38. The Morgan fingerprint density at radius 2 is 1.50 bits per heavy atom. The Morgan fingerprint density at radius 1 is 0.714 bits per heavy atom. The van der Waals surface area contributed by atoms with Crippen molar-refractivity contribution in [3.63, 3.8) is 0 Å². The van der Waals surface area contributed by atoms with Crippen LogP contribution in [0.25, 0.3) is 0 Å². The number of fused-ring (bicyclic) bond motifs is 4. The minimum absolute atomic E-state index is 0.387. The maximum Gasteiger partial charge on any atom is 0.0158 e. The molecule has 5 unspecified atom stereocenters. The van der Waals surface area contributed by atoms with Gasteiger partial charge in [0.25, 0.3) is 0 Å². The van der Waals surface area contributed by atoms with Gasteiger partial charge >= 0.3 is 0 Å². The lowest BCUT2D eigenvalue weighted by Gasteiger charge is -2.44. The smallest absolute Gasteiger partial charge is 0.0158 e. The SMILES string of the molecule is CCC1C=CC(C2=CC3C(=C(C4=CC=C5C=CCCC5C4)C4=CCCC=C4C3C3=CC=C4C=CCCC4C3)C=C2)=CC1. The minimum Gasteiger partial charge on any atom is -0.0842 e. The van der Waals surface area contributed by atoms with Gasteiger partial charge in [-0.2, -0.15) is 0 Å². The summed E-state index contributed by atoms with van der Waals surface area (Å²) in [4.78, 5) is 0. The fourth-order valence-electron chi connectivity index (χ4n) is 8.87. The van der Waals surface area contributed by atoms with Crippen molar-refractivity contribution in [2.75, 3.05) is 0 Å². The second-order valence-corrected chi connectivity index (χ2v) is 13.6. The standard InChI is InChI=1S/C42H44/c1-2-28-15-17-31(18-16-28)34-23-24-39-40(27-34)42(36-22-20-30-10-4-6-12-33(30)26-36)38-14-8-7-13-37(38)41(39)35-21-19-29-9-3-5-11-32(29)25-35/h3-4,9-10,13-15,17-24,27-28,32-33,40,42H,2,5-8,11-12,16,25-26H2,1H3. The lowest BCUT2D eigenvalue weighted by molar-refractivity contribution is 0.480. The highest BCUT2D eigenvalue weighted by Crippen LogP contribution is 2.55. The van der Waals surface area contributed by atoms with E-state index in [9.17, 15) is 0 Å². The predicted octanol–water partition coefficient (Wildman–Crippen LogP) is 11.0. The Bertz CT molecular complexity index is 1590. The summed E-state index contributed by atoms with van der Waals surface area (Å²) in [6, 6.07) is 0. The molecule has 212 valence electrons. The third-order valence-corrected chi connectivity index (χ3v) is 11.2.